The van der Waals surface area contributed by atoms with E-state index in [1.54, 1.807) is 18.2 Å². The number of carbonyl (C=O) groups is 2. The van der Waals surface area contributed by atoms with Gasteiger partial charge < -0.3 is 9.47 Å². The molecule has 0 spiro atoms. The lowest BCUT2D eigenvalue weighted by Gasteiger charge is -1.97. The molecule has 0 aliphatic carbocycles. The largest absolute Gasteiger partial charge is 0.468 e. The van der Waals surface area contributed by atoms with Gasteiger partial charge in [0.2, 0.25) is 0 Å². The van der Waals surface area contributed by atoms with E-state index in [2.05, 4.69) is 31.5 Å². The van der Waals surface area contributed by atoms with Crippen LogP contribution in [-0.4, -0.2) is 36.4 Å². The summed E-state index contributed by atoms with van der Waals surface area (Å²) in [5.41, 5.74) is 1.61. The Kier molecular flexibility index (Phi) is 4.01. The third-order valence-corrected chi connectivity index (χ3v) is 2.65. The SMILES string of the molecule is COC(=O)CC#Cc1[nH]nc2cc(C(=O)OC)ccc12. The molecule has 2 rings (SSSR count). The molecule has 0 amide bonds. The second-order valence-electron chi connectivity index (χ2n) is 3.88. The summed E-state index contributed by atoms with van der Waals surface area (Å²) in [4.78, 5) is 22.4. The first-order valence-corrected chi connectivity index (χ1v) is 5.78. The summed E-state index contributed by atoms with van der Waals surface area (Å²) < 4.78 is 9.13. The van der Waals surface area contributed by atoms with Crippen LogP contribution >= 0.6 is 0 Å². The first kappa shape index (κ1) is 13.6. The molecule has 0 fully saturated rings. The number of rotatable bonds is 2. The van der Waals surface area contributed by atoms with E-state index >= 15 is 0 Å². The van der Waals surface area contributed by atoms with Crippen molar-refractivity contribution in [1.29, 1.82) is 0 Å². The molecule has 0 aliphatic rings. The van der Waals surface area contributed by atoms with Crippen LogP contribution in [0.4, 0.5) is 0 Å². The van der Waals surface area contributed by atoms with Gasteiger partial charge in [0.25, 0.3) is 0 Å². The van der Waals surface area contributed by atoms with Gasteiger partial charge in [0.1, 0.15) is 12.1 Å². The van der Waals surface area contributed by atoms with Crippen molar-refractivity contribution in [1.82, 2.24) is 10.2 Å². The average Bonchev–Trinajstić information content (AvgIpc) is 2.88. The van der Waals surface area contributed by atoms with Gasteiger partial charge in [-0.2, -0.15) is 5.10 Å². The van der Waals surface area contributed by atoms with Crippen LogP contribution in [0.2, 0.25) is 0 Å². The normalized spacial score (nSPS) is 9.70. The van der Waals surface area contributed by atoms with Crippen LogP contribution in [0, 0.1) is 11.8 Å². The van der Waals surface area contributed by atoms with E-state index in [0.29, 0.717) is 16.8 Å². The monoisotopic (exact) mass is 272 g/mol. The molecule has 0 saturated carbocycles. The molecule has 0 radical (unpaired) electrons. The Morgan fingerprint density at radius 3 is 2.80 bits per heavy atom. The van der Waals surface area contributed by atoms with Gasteiger partial charge >= 0.3 is 11.9 Å². The minimum absolute atomic E-state index is 0.0112. The molecule has 1 aromatic carbocycles. The van der Waals surface area contributed by atoms with Crippen molar-refractivity contribution in [3.8, 4) is 11.8 Å². The molecule has 6 nitrogen and oxygen atoms in total. The zero-order chi connectivity index (χ0) is 14.5. The molecule has 0 bridgehead atoms. The Morgan fingerprint density at radius 2 is 2.10 bits per heavy atom. The third kappa shape index (κ3) is 2.78. The highest BCUT2D eigenvalue weighted by Gasteiger charge is 2.09. The number of aromatic amines is 1. The first-order valence-electron chi connectivity index (χ1n) is 5.78. The summed E-state index contributed by atoms with van der Waals surface area (Å²) in [5, 5.41) is 7.60. The zero-order valence-corrected chi connectivity index (χ0v) is 11.0. The second kappa shape index (κ2) is 5.89. The molecule has 0 saturated heterocycles. The molecule has 102 valence electrons. The number of nitrogens with one attached hydrogen (secondary N) is 1. The minimum atomic E-state index is -0.423. The Labute approximate surface area is 115 Å². The van der Waals surface area contributed by atoms with Crippen molar-refractivity contribution in [2.75, 3.05) is 14.2 Å². The summed E-state index contributed by atoms with van der Waals surface area (Å²) in [6, 6.07) is 4.98. The molecular formula is C14H12N2O4. The lowest BCUT2D eigenvalue weighted by atomic mass is 10.1. The number of ether oxygens (including phenoxy) is 2. The average molecular weight is 272 g/mol. The zero-order valence-electron chi connectivity index (χ0n) is 11.0. The summed E-state index contributed by atoms with van der Waals surface area (Å²) in [6.45, 7) is 0. The molecule has 2 aromatic rings. The number of aromatic nitrogens is 2. The van der Waals surface area contributed by atoms with E-state index in [1.807, 2.05) is 0 Å². The van der Waals surface area contributed by atoms with Gasteiger partial charge in [-0.3, -0.25) is 9.89 Å². The fraction of sp³-hybridized carbons (Fsp3) is 0.214. The van der Waals surface area contributed by atoms with Gasteiger partial charge in [0.15, 0.2) is 0 Å². The van der Waals surface area contributed by atoms with Crippen LogP contribution in [0.5, 0.6) is 0 Å². The molecule has 1 aromatic heterocycles. The standard InChI is InChI=1S/C14H12N2O4/c1-19-13(17)5-3-4-11-10-7-6-9(14(18)20-2)8-12(10)16-15-11/h6-8H,5H2,1-2H3,(H,15,16). The van der Waals surface area contributed by atoms with Gasteiger partial charge in [0.05, 0.1) is 25.3 Å². The van der Waals surface area contributed by atoms with Crippen LogP contribution in [0.15, 0.2) is 18.2 Å². The Bertz CT molecular complexity index is 722. The molecule has 0 unspecified atom stereocenters. The Hall–Kier alpha value is -2.81. The number of methoxy groups -OCH3 is 2. The number of H-pyrrole nitrogens is 1. The lowest BCUT2D eigenvalue weighted by molar-refractivity contribution is -0.139. The number of hydrogen-bond acceptors (Lipinski definition) is 5. The maximum absolute atomic E-state index is 11.4. The molecular weight excluding hydrogens is 260 g/mol. The van der Waals surface area contributed by atoms with Crippen LogP contribution in [0.25, 0.3) is 10.9 Å². The summed E-state index contributed by atoms with van der Waals surface area (Å²) in [5.74, 6) is 4.69. The van der Waals surface area contributed by atoms with Crippen molar-refractivity contribution in [2.45, 2.75) is 6.42 Å². The van der Waals surface area contributed by atoms with Crippen molar-refractivity contribution in [3.05, 3.63) is 29.5 Å². The van der Waals surface area contributed by atoms with E-state index in [4.69, 9.17) is 0 Å². The Morgan fingerprint density at radius 1 is 1.30 bits per heavy atom. The quantitative estimate of drug-likeness (QED) is 0.657. The van der Waals surface area contributed by atoms with Crippen molar-refractivity contribution in [2.24, 2.45) is 0 Å². The van der Waals surface area contributed by atoms with Crippen molar-refractivity contribution < 1.29 is 19.1 Å². The fourth-order valence-corrected chi connectivity index (χ4v) is 1.63. The highest BCUT2D eigenvalue weighted by molar-refractivity contribution is 5.95. The summed E-state index contributed by atoms with van der Waals surface area (Å²) >= 11 is 0. The van der Waals surface area contributed by atoms with Gasteiger partial charge in [-0.1, -0.05) is 5.92 Å². The summed E-state index contributed by atoms with van der Waals surface area (Å²) in [7, 11) is 2.63. The van der Waals surface area contributed by atoms with E-state index in [-0.39, 0.29) is 6.42 Å². The molecule has 1 heterocycles. The van der Waals surface area contributed by atoms with E-state index in [9.17, 15) is 9.59 Å². The number of esters is 2. The number of hydrogen-bond donors (Lipinski definition) is 1. The van der Waals surface area contributed by atoms with Crippen molar-refractivity contribution >= 4 is 22.8 Å². The maximum atomic E-state index is 11.4. The second-order valence-corrected chi connectivity index (χ2v) is 3.88. The lowest BCUT2D eigenvalue weighted by Crippen LogP contribution is -2.00. The van der Waals surface area contributed by atoms with Crippen LogP contribution < -0.4 is 0 Å². The van der Waals surface area contributed by atoms with Crippen LogP contribution in [0.1, 0.15) is 22.5 Å². The summed E-state index contributed by atoms with van der Waals surface area (Å²) in [6.07, 6.45) is 0.0112. The first-order chi connectivity index (χ1) is 9.65. The Balaban J connectivity index is 2.29. The van der Waals surface area contributed by atoms with E-state index < -0.39 is 11.9 Å². The molecule has 0 aliphatic heterocycles. The maximum Gasteiger partial charge on any atom is 0.337 e. The topological polar surface area (TPSA) is 81.3 Å². The highest BCUT2D eigenvalue weighted by atomic mass is 16.5. The minimum Gasteiger partial charge on any atom is -0.468 e. The fourth-order valence-electron chi connectivity index (χ4n) is 1.63. The van der Waals surface area contributed by atoms with Crippen LogP contribution in [0.3, 0.4) is 0 Å². The molecule has 0 atom stereocenters. The molecule has 6 heteroatoms. The predicted molar refractivity (Wildman–Crippen MR) is 70.9 cm³/mol. The van der Waals surface area contributed by atoms with Crippen molar-refractivity contribution in [3.63, 3.8) is 0 Å². The molecule has 1 N–H and O–H groups in total. The number of nitrogens with zero attached hydrogens (tertiary/aromatic N) is 1. The van der Waals surface area contributed by atoms with Crippen LogP contribution in [-0.2, 0) is 14.3 Å². The number of fused-ring (bicyclic) bond motifs is 1. The van der Waals surface area contributed by atoms with E-state index in [0.717, 1.165) is 5.39 Å². The third-order valence-electron chi connectivity index (χ3n) is 2.65. The highest BCUT2D eigenvalue weighted by Crippen LogP contribution is 2.17. The predicted octanol–water partition coefficient (Wildman–Crippen LogP) is 1.26. The van der Waals surface area contributed by atoms with Gasteiger partial charge in [-0.05, 0) is 24.1 Å². The smallest absolute Gasteiger partial charge is 0.337 e. The van der Waals surface area contributed by atoms with Gasteiger partial charge in [-0.25, -0.2) is 4.79 Å². The molecule has 20 heavy (non-hydrogen) atoms. The number of benzene rings is 1. The van der Waals surface area contributed by atoms with Gasteiger partial charge in [0, 0.05) is 5.39 Å². The van der Waals surface area contributed by atoms with E-state index in [1.165, 1.54) is 14.2 Å². The van der Waals surface area contributed by atoms with Gasteiger partial charge in [-0.15, -0.1) is 0 Å². The number of carbonyl (C=O) groups excluding carboxylic acids is 2.